The molecule has 1 aromatic carbocycles. The molecule has 2 rings (SSSR count). The summed E-state index contributed by atoms with van der Waals surface area (Å²) in [6, 6.07) is 6.63. The van der Waals surface area contributed by atoms with Gasteiger partial charge in [0.1, 0.15) is 0 Å². The quantitative estimate of drug-likeness (QED) is 0.724. The average molecular weight is 205 g/mol. The number of carbonyl (C=O) groups is 2. The van der Waals surface area contributed by atoms with Gasteiger partial charge in [-0.05, 0) is 30.5 Å². The Morgan fingerprint density at radius 1 is 1.33 bits per heavy atom. The highest BCUT2D eigenvalue weighted by molar-refractivity contribution is 5.87. The largest absolute Gasteiger partial charge is 0.478 e. The Kier molecular flexibility index (Phi) is 2.19. The highest BCUT2D eigenvalue weighted by atomic mass is 16.4. The SMILES string of the molecule is O=CNC1(c2ccc(C(=O)O)cc2)CC1. The molecule has 4 nitrogen and oxygen atoms in total. The smallest absolute Gasteiger partial charge is 0.335 e. The van der Waals surface area contributed by atoms with Crippen molar-refractivity contribution in [3.05, 3.63) is 35.4 Å². The van der Waals surface area contributed by atoms with E-state index in [0.717, 1.165) is 18.4 Å². The lowest BCUT2D eigenvalue weighted by atomic mass is 10.0. The zero-order valence-electron chi connectivity index (χ0n) is 8.06. The molecule has 0 bridgehead atoms. The summed E-state index contributed by atoms with van der Waals surface area (Å²) in [5.41, 5.74) is 0.999. The highest BCUT2D eigenvalue weighted by Gasteiger charge is 2.43. The van der Waals surface area contributed by atoms with Gasteiger partial charge in [-0.3, -0.25) is 4.79 Å². The number of hydrogen-bond acceptors (Lipinski definition) is 2. The Bertz CT molecular complexity index is 393. The first-order valence-corrected chi connectivity index (χ1v) is 4.73. The van der Waals surface area contributed by atoms with Gasteiger partial charge >= 0.3 is 5.97 Å². The van der Waals surface area contributed by atoms with Gasteiger partial charge in [0.15, 0.2) is 0 Å². The van der Waals surface area contributed by atoms with E-state index in [1.54, 1.807) is 24.3 Å². The Balaban J connectivity index is 2.24. The second kappa shape index (κ2) is 3.38. The lowest BCUT2D eigenvalue weighted by molar-refractivity contribution is -0.110. The summed E-state index contributed by atoms with van der Waals surface area (Å²) in [5.74, 6) is -0.935. The molecule has 0 unspecified atom stereocenters. The first kappa shape index (κ1) is 9.71. The third kappa shape index (κ3) is 1.70. The molecule has 4 heteroatoms. The van der Waals surface area contributed by atoms with Crippen LogP contribution in [0.1, 0.15) is 28.8 Å². The van der Waals surface area contributed by atoms with E-state index < -0.39 is 5.97 Å². The molecule has 1 fully saturated rings. The predicted octanol–water partition coefficient (Wildman–Crippen LogP) is 1.12. The zero-order chi connectivity index (χ0) is 10.9. The number of nitrogens with one attached hydrogen (secondary N) is 1. The summed E-state index contributed by atoms with van der Waals surface area (Å²) in [5, 5.41) is 11.5. The molecule has 1 amide bonds. The van der Waals surface area contributed by atoms with Gasteiger partial charge in [-0.15, -0.1) is 0 Å². The molecule has 1 saturated carbocycles. The Labute approximate surface area is 86.9 Å². The minimum atomic E-state index is -0.935. The van der Waals surface area contributed by atoms with Crippen molar-refractivity contribution in [3.8, 4) is 0 Å². The number of benzene rings is 1. The summed E-state index contributed by atoms with van der Waals surface area (Å²) in [6.45, 7) is 0. The number of aromatic carboxylic acids is 1. The van der Waals surface area contributed by atoms with Crippen molar-refractivity contribution in [2.24, 2.45) is 0 Å². The van der Waals surface area contributed by atoms with Crippen LogP contribution in [0.3, 0.4) is 0 Å². The summed E-state index contributed by atoms with van der Waals surface area (Å²) in [6.07, 6.45) is 2.52. The summed E-state index contributed by atoms with van der Waals surface area (Å²) in [4.78, 5) is 21.0. The third-order valence-electron chi connectivity index (χ3n) is 2.77. The van der Waals surface area contributed by atoms with E-state index in [4.69, 9.17) is 5.11 Å². The molecule has 1 aliphatic rings. The molecule has 0 aromatic heterocycles. The van der Waals surface area contributed by atoms with Crippen molar-refractivity contribution in [3.63, 3.8) is 0 Å². The van der Waals surface area contributed by atoms with Crippen LogP contribution in [0, 0.1) is 0 Å². The topological polar surface area (TPSA) is 66.4 Å². The van der Waals surface area contributed by atoms with Crippen LogP contribution < -0.4 is 5.32 Å². The molecule has 78 valence electrons. The Hall–Kier alpha value is -1.84. The zero-order valence-corrected chi connectivity index (χ0v) is 8.06. The van der Waals surface area contributed by atoms with Crippen LogP contribution in [0.4, 0.5) is 0 Å². The number of carboxylic acids is 1. The predicted molar refractivity (Wildman–Crippen MR) is 53.5 cm³/mol. The van der Waals surface area contributed by atoms with Crippen molar-refractivity contribution in [1.82, 2.24) is 5.32 Å². The second-order valence-electron chi connectivity index (χ2n) is 3.73. The molecule has 0 atom stereocenters. The molecule has 0 radical (unpaired) electrons. The van der Waals surface area contributed by atoms with E-state index in [2.05, 4.69) is 5.32 Å². The maximum absolute atomic E-state index is 10.6. The van der Waals surface area contributed by atoms with Gasteiger partial charge in [-0.25, -0.2) is 4.79 Å². The van der Waals surface area contributed by atoms with Crippen LogP contribution in [0.25, 0.3) is 0 Å². The van der Waals surface area contributed by atoms with Gasteiger partial charge in [0.2, 0.25) is 6.41 Å². The lowest BCUT2D eigenvalue weighted by Gasteiger charge is -2.14. The third-order valence-corrected chi connectivity index (χ3v) is 2.77. The first-order valence-electron chi connectivity index (χ1n) is 4.73. The lowest BCUT2D eigenvalue weighted by Crippen LogP contribution is -2.27. The number of hydrogen-bond donors (Lipinski definition) is 2. The van der Waals surface area contributed by atoms with Crippen molar-refractivity contribution in [2.45, 2.75) is 18.4 Å². The molecule has 1 aromatic rings. The molecule has 0 spiro atoms. The molecule has 0 heterocycles. The van der Waals surface area contributed by atoms with Gasteiger partial charge in [-0.1, -0.05) is 12.1 Å². The molecule has 0 saturated heterocycles. The second-order valence-corrected chi connectivity index (χ2v) is 3.73. The van der Waals surface area contributed by atoms with Gasteiger partial charge in [0, 0.05) is 0 Å². The van der Waals surface area contributed by atoms with E-state index in [0.29, 0.717) is 6.41 Å². The highest BCUT2D eigenvalue weighted by Crippen LogP contribution is 2.44. The molecular weight excluding hydrogens is 194 g/mol. The van der Waals surface area contributed by atoms with E-state index in [9.17, 15) is 9.59 Å². The van der Waals surface area contributed by atoms with Crippen LogP contribution in [0.5, 0.6) is 0 Å². The van der Waals surface area contributed by atoms with Gasteiger partial charge in [0.25, 0.3) is 0 Å². The first-order chi connectivity index (χ1) is 7.18. The van der Waals surface area contributed by atoms with Gasteiger partial charge in [-0.2, -0.15) is 0 Å². The monoisotopic (exact) mass is 205 g/mol. The Morgan fingerprint density at radius 3 is 2.33 bits per heavy atom. The summed E-state index contributed by atoms with van der Waals surface area (Å²) < 4.78 is 0. The van der Waals surface area contributed by atoms with Crippen molar-refractivity contribution >= 4 is 12.4 Å². The molecule has 15 heavy (non-hydrogen) atoms. The van der Waals surface area contributed by atoms with Crippen LogP contribution in [-0.2, 0) is 10.3 Å². The average Bonchev–Trinajstić information content (AvgIpc) is 3.00. The van der Waals surface area contributed by atoms with E-state index in [1.807, 2.05) is 0 Å². The van der Waals surface area contributed by atoms with E-state index in [1.165, 1.54) is 0 Å². The van der Waals surface area contributed by atoms with Crippen LogP contribution in [-0.4, -0.2) is 17.5 Å². The number of rotatable bonds is 4. The molecule has 2 N–H and O–H groups in total. The Morgan fingerprint density at radius 2 is 1.93 bits per heavy atom. The summed E-state index contributed by atoms with van der Waals surface area (Å²) >= 11 is 0. The normalized spacial score (nSPS) is 16.8. The van der Waals surface area contributed by atoms with Crippen LogP contribution in [0.15, 0.2) is 24.3 Å². The van der Waals surface area contributed by atoms with E-state index in [-0.39, 0.29) is 11.1 Å². The minimum absolute atomic E-state index is 0.237. The van der Waals surface area contributed by atoms with Crippen molar-refractivity contribution in [1.29, 1.82) is 0 Å². The van der Waals surface area contributed by atoms with E-state index >= 15 is 0 Å². The number of carbonyl (C=O) groups excluding carboxylic acids is 1. The standard InChI is InChI=1S/C11H11NO3/c13-7-12-11(5-6-11)9-3-1-8(2-4-9)10(14)15/h1-4,7H,5-6H2,(H,12,13)(H,14,15). The molecule has 1 aliphatic carbocycles. The maximum Gasteiger partial charge on any atom is 0.335 e. The summed E-state index contributed by atoms with van der Waals surface area (Å²) in [7, 11) is 0. The maximum atomic E-state index is 10.6. The molecular formula is C11H11NO3. The number of carboxylic acid groups (broad SMARTS) is 1. The minimum Gasteiger partial charge on any atom is -0.478 e. The number of amides is 1. The fraction of sp³-hybridized carbons (Fsp3) is 0.273. The fourth-order valence-electron chi connectivity index (χ4n) is 1.69. The van der Waals surface area contributed by atoms with Crippen LogP contribution in [0.2, 0.25) is 0 Å². The van der Waals surface area contributed by atoms with Crippen molar-refractivity contribution in [2.75, 3.05) is 0 Å². The van der Waals surface area contributed by atoms with Gasteiger partial charge < -0.3 is 10.4 Å². The van der Waals surface area contributed by atoms with Crippen LogP contribution >= 0.6 is 0 Å². The van der Waals surface area contributed by atoms with Gasteiger partial charge in [0.05, 0.1) is 11.1 Å². The molecule has 0 aliphatic heterocycles. The fourth-order valence-corrected chi connectivity index (χ4v) is 1.69. The van der Waals surface area contributed by atoms with Crippen molar-refractivity contribution < 1.29 is 14.7 Å².